The van der Waals surface area contributed by atoms with Crippen molar-refractivity contribution < 1.29 is 23.1 Å². The van der Waals surface area contributed by atoms with E-state index in [9.17, 15) is 18.3 Å². The van der Waals surface area contributed by atoms with E-state index in [-0.39, 0.29) is 68.2 Å². The summed E-state index contributed by atoms with van der Waals surface area (Å²) in [6.07, 6.45) is 16.7. The largest absolute Gasteiger partial charge is 0.462 e. The highest BCUT2D eigenvalue weighted by molar-refractivity contribution is 7.91. The first-order valence-electron chi connectivity index (χ1n) is 22.2. The third-order valence-electron chi connectivity index (χ3n) is 19.9. The standard InChI is InChI=1S/C45H76N2O5S/c1-29(48)33(47-24-26-53(50,51)27-25-47)28-46-45-19-13-30(41(6)20-21-41)37(45)31-10-11-35-42(7)17-15-36(52-38(49)32-12-16-39(32,2)3)40(4,5)34(42)14-18-44(35,9)43(31,8)22-23-45/h29-37,46,48H,10-28H2,1-9H3/t29-,30+,31+,32+,33-,34-,35+,36-,37+,42-,43+,44+,45-/m0/s1. The molecule has 8 fully saturated rings. The quantitative estimate of drug-likeness (QED) is 0.242. The molecule has 2 N–H and O–H groups in total. The minimum atomic E-state index is -2.97. The van der Waals surface area contributed by atoms with E-state index < -0.39 is 15.9 Å². The number of sulfone groups is 1. The van der Waals surface area contributed by atoms with Crippen LogP contribution in [-0.4, -0.2) is 79.3 Å². The van der Waals surface area contributed by atoms with Gasteiger partial charge in [-0.05, 0) is 153 Å². The van der Waals surface area contributed by atoms with Crippen molar-refractivity contribution in [2.75, 3.05) is 31.1 Å². The topological polar surface area (TPSA) is 95.9 Å². The number of fused-ring (bicyclic) bond motifs is 7. The van der Waals surface area contributed by atoms with Crippen molar-refractivity contribution in [1.29, 1.82) is 0 Å². The first-order valence-corrected chi connectivity index (χ1v) is 24.0. The Hall–Kier alpha value is -0.700. The lowest BCUT2D eigenvalue weighted by Gasteiger charge is -2.73. The molecule has 7 nitrogen and oxygen atoms in total. The Labute approximate surface area is 323 Å². The van der Waals surface area contributed by atoms with Gasteiger partial charge in [0.2, 0.25) is 0 Å². The van der Waals surface area contributed by atoms with Crippen molar-refractivity contribution in [2.24, 2.45) is 68.0 Å². The van der Waals surface area contributed by atoms with Crippen LogP contribution in [0.1, 0.15) is 152 Å². The average molecular weight is 757 g/mol. The molecule has 0 unspecified atom stereocenters. The number of aliphatic hydroxyl groups is 1. The van der Waals surface area contributed by atoms with Gasteiger partial charge in [-0.2, -0.15) is 0 Å². The SMILES string of the molecule is C[C@H](O)[C@H](CN[C@]12CC[C@@H](C3(C)CC3)[C@@H]1[C@H]1CC[C@@H]3[C@@]4(C)CC[C@H](OC(=O)[C@H]5CCC5(C)C)C(C)(C)[C@@H]4CC[C@@]3(C)[C@]1(C)CC2)N1CCS(=O)(=O)CC1. The maximum atomic E-state index is 13.5. The second-order valence-corrected chi connectivity index (χ2v) is 25.2. The van der Waals surface area contributed by atoms with E-state index in [1.165, 1.54) is 70.6 Å². The van der Waals surface area contributed by atoms with Gasteiger partial charge in [0.1, 0.15) is 6.10 Å². The Morgan fingerprint density at radius 2 is 1.47 bits per heavy atom. The maximum Gasteiger partial charge on any atom is 0.309 e. The second kappa shape index (κ2) is 12.6. The Morgan fingerprint density at radius 3 is 2.08 bits per heavy atom. The highest BCUT2D eigenvalue weighted by atomic mass is 32.2. The van der Waals surface area contributed by atoms with E-state index in [4.69, 9.17) is 4.74 Å². The molecule has 1 aliphatic heterocycles. The van der Waals surface area contributed by atoms with Crippen LogP contribution in [0.3, 0.4) is 0 Å². The predicted molar refractivity (Wildman–Crippen MR) is 212 cm³/mol. The van der Waals surface area contributed by atoms with Gasteiger partial charge in [-0.25, -0.2) is 8.42 Å². The van der Waals surface area contributed by atoms with Crippen LogP contribution >= 0.6 is 0 Å². The Morgan fingerprint density at radius 1 is 0.774 bits per heavy atom. The molecule has 8 aliphatic rings. The molecule has 302 valence electrons. The van der Waals surface area contributed by atoms with E-state index in [2.05, 4.69) is 65.6 Å². The number of carbonyl (C=O) groups excluding carboxylic acids is 1. The fraction of sp³-hybridized carbons (Fsp3) is 0.978. The number of hydrogen-bond acceptors (Lipinski definition) is 7. The van der Waals surface area contributed by atoms with Crippen molar-refractivity contribution in [1.82, 2.24) is 10.2 Å². The maximum absolute atomic E-state index is 13.5. The predicted octanol–water partition coefficient (Wildman–Crippen LogP) is 8.04. The molecule has 8 heteroatoms. The summed E-state index contributed by atoms with van der Waals surface area (Å²) < 4.78 is 31.1. The summed E-state index contributed by atoms with van der Waals surface area (Å²) in [5, 5.41) is 15.3. The average Bonchev–Trinajstić information content (AvgIpc) is 3.69. The lowest BCUT2D eigenvalue weighted by atomic mass is 9.32. The summed E-state index contributed by atoms with van der Waals surface area (Å²) in [4.78, 5) is 15.7. The van der Waals surface area contributed by atoms with E-state index in [1.807, 2.05) is 6.92 Å². The summed E-state index contributed by atoms with van der Waals surface area (Å²) in [5.41, 5.74) is 1.41. The lowest BCUT2D eigenvalue weighted by Crippen LogP contribution is -2.69. The van der Waals surface area contributed by atoms with E-state index in [1.54, 1.807) is 0 Å². The zero-order valence-corrected chi connectivity index (χ0v) is 35.9. The molecular formula is C45H76N2O5S. The van der Waals surface area contributed by atoms with E-state index in [0.717, 1.165) is 31.7 Å². The number of ether oxygens (including phenoxy) is 1. The normalized spacial score (nSPS) is 48.8. The second-order valence-electron chi connectivity index (χ2n) is 22.9. The Kier molecular flexibility index (Phi) is 9.34. The van der Waals surface area contributed by atoms with Gasteiger partial charge in [-0.3, -0.25) is 9.69 Å². The molecule has 7 saturated carbocycles. The van der Waals surface area contributed by atoms with Crippen LogP contribution in [0, 0.1) is 68.0 Å². The van der Waals surface area contributed by atoms with Crippen molar-refractivity contribution in [2.45, 2.75) is 176 Å². The summed E-state index contributed by atoms with van der Waals surface area (Å²) >= 11 is 0. The van der Waals surface area contributed by atoms with Gasteiger partial charge >= 0.3 is 5.97 Å². The highest BCUT2D eigenvalue weighted by Crippen LogP contribution is 2.78. The molecule has 13 atom stereocenters. The van der Waals surface area contributed by atoms with Gasteiger partial charge in [0.25, 0.3) is 0 Å². The van der Waals surface area contributed by atoms with Gasteiger partial charge in [-0.1, -0.05) is 55.4 Å². The number of aliphatic hydroxyl groups excluding tert-OH is 1. The van der Waals surface area contributed by atoms with E-state index >= 15 is 0 Å². The molecule has 0 aromatic heterocycles. The van der Waals surface area contributed by atoms with Crippen LogP contribution < -0.4 is 5.32 Å². The summed E-state index contributed by atoms with van der Waals surface area (Å²) in [7, 11) is -2.97. The minimum Gasteiger partial charge on any atom is -0.462 e. The summed E-state index contributed by atoms with van der Waals surface area (Å²) in [6, 6.07) is -0.0640. The van der Waals surface area contributed by atoms with Gasteiger partial charge in [0.05, 0.1) is 23.5 Å². The zero-order chi connectivity index (χ0) is 38.2. The van der Waals surface area contributed by atoms with Crippen LogP contribution in [0.2, 0.25) is 0 Å². The van der Waals surface area contributed by atoms with Crippen molar-refractivity contribution >= 4 is 15.8 Å². The number of nitrogens with zero attached hydrogens (tertiary/aromatic N) is 1. The molecule has 7 aliphatic carbocycles. The van der Waals surface area contributed by atoms with Crippen molar-refractivity contribution in [3.63, 3.8) is 0 Å². The van der Waals surface area contributed by atoms with Gasteiger partial charge in [0.15, 0.2) is 9.84 Å². The van der Waals surface area contributed by atoms with Gasteiger partial charge in [0, 0.05) is 36.6 Å². The fourth-order valence-electron chi connectivity index (χ4n) is 15.9. The lowest BCUT2D eigenvalue weighted by molar-refractivity contribution is -0.249. The monoisotopic (exact) mass is 757 g/mol. The molecule has 0 bridgehead atoms. The number of esters is 1. The molecule has 0 aromatic rings. The molecule has 0 aromatic carbocycles. The van der Waals surface area contributed by atoms with Crippen molar-refractivity contribution in [3.05, 3.63) is 0 Å². The number of rotatable bonds is 8. The van der Waals surface area contributed by atoms with E-state index in [0.29, 0.717) is 42.2 Å². The molecule has 1 saturated heterocycles. The first-order chi connectivity index (χ1) is 24.6. The number of carbonyl (C=O) groups is 1. The van der Waals surface area contributed by atoms with Crippen LogP contribution in [0.15, 0.2) is 0 Å². The number of nitrogens with one attached hydrogen (secondary N) is 1. The first kappa shape index (κ1) is 39.1. The third kappa shape index (κ3) is 5.91. The highest BCUT2D eigenvalue weighted by Gasteiger charge is 2.72. The summed E-state index contributed by atoms with van der Waals surface area (Å²) in [5.74, 6) is 3.86. The minimum absolute atomic E-state index is 0.0143. The van der Waals surface area contributed by atoms with Crippen LogP contribution in [0.5, 0.6) is 0 Å². The fourth-order valence-corrected chi connectivity index (χ4v) is 17.2. The Bertz CT molecular complexity index is 1540. The van der Waals surface area contributed by atoms with Gasteiger partial charge < -0.3 is 15.2 Å². The third-order valence-corrected chi connectivity index (χ3v) is 21.5. The Balaban J connectivity index is 1.04. The molecular weight excluding hydrogens is 681 g/mol. The molecule has 0 radical (unpaired) electrons. The molecule has 53 heavy (non-hydrogen) atoms. The smallest absolute Gasteiger partial charge is 0.309 e. The van der Waals surface area contributed by atoms with Crippen LogP contribution in [-0.2, 0) is 19.4 Å². The molecule has 0 spiro atoms. The van der Waals surface area contributed by atoms with Crippen molar-refractivity contribution in [3.8, 4) is 0 Å². The van der Waals surface area contributed by atoms with Crippen LogP contribution in [0.25, 0.3) is 0 Å². The van der Waals surface area contributed by atoms with Crippen LogP contribution in [0.4, 0.5) is 0 Å². The van der Waals surface area contributed by atoms with Gasteiger partial charge in [-0.15, -0.1) is 0 Å². The zero-order valence-electron chi connectivity index (χ0n) is 35.1. The summed E-state index contributed by atoms with van der Waals surface area (Å²) in [6.45, 7) is 23.8. The molecule has 8 rings (SSSR count). The molecule has 1 heterocycles. The molecule has 0 amide bonds. The number of hydrogen-bond donors (Lipinski definition) is 2.